The van der Waals surface area contributed by atoms with Crippen LogP contribution in [0.15, 0.2) is 24.3 Å². The van der Waals surface area contributed by atoms with Gasteiger partial charge >= 0.3 is 6.09 Å². The number of phenolic OH excluding ortho intramolecular Hbond substituents is 1. The van der Waals surface area contributed by atoms with Crippen LogP contribution < -0.4 is 10.6 Å². The molecular weight excluding hydrogens is 442 g/mol. The van der Waals surface area contributed by atoms with Crippen LogP contribution >= 0.6 is 11.8 Å². The van der Waals surface area contributed by atoms with Crippen molar-refractivity contribution in [3.05, 3.63) is 29.8 Å². The first kappa shape index (κ1) is 26.8. The van der Waals surface area contributed by atoms with E-state index in [0.29, 0.717) is 17.7 Å². The van der Waals surface area contributed by atoms with Crippen molar-refractivity contribution in [3.63, 3.8) is 0 Å². The number of carbonyl (C=O) groups is 3. The number of ether oxygens (including phenoxy) is 1. The van der Waals surface area contributed by atoms with Gasteiger partial charge in [-0.3, -0.25) is 9.59 Å². The van der Waals surface area contributed by atoms with Crippen LogP contribution in [-0.4, -0.2) is 63.6 Å². The number of nitrogens with one attached hydrogen (secondary N) is 2. The minimum atomic E-state index is -0.870. The molecule has 8 nitrogen and oxygen atoms in total. The zero-order valence-corrected chi connectivity index (χ0v) is 21.2. The lowest BCUT2D eigenvalue weighted by Crippen LogP contribution is -2.54. The van der Waals surface area contributed by atoms with Crippen molar-refractivity contribution in [2.24, 2.45) is 0 Å². The molecule has 1 aromatic rings. The van der Waals surface area contributed by atoms with E-state index in [0.717, 1.165) is 12.8 Å². The largest absolute Gasteiger partial charge is 0.508 e. The third kappa shape index (κ3) is 8.46. The van der Waals surface area contributed by atoms with Crippen molar-refractivity contribution in [3.8, 4) is 5.75 Å². The van der Waals surface area contributed by atoms with Gasteiger partial charge in [0.05, 0.1) is 0 Å². The summed E-state index contributed by atoms with van der Waals surface area (Å²) in [6.07, 6.45) is 3.26. The van der Waals surface area contributed by atoms with Crippen LogP contribution in [0.2, 0.25) is 0 Å². The highest BCUT2D eigenvalue weighted by Crippen LogP contribution is 2.36. The Balaban J connectivity index is 2.39. The van der Waals surface area contributed by atoms with E-state index in [4.69, 9.17) is 4.74 Å². The molecule has 1 aromatic carbocycles. The molecule has 1 fully saturated rings. The Morgan fingerprint density at radius 3 is 2.24 bits per heavy atom. The van der Waals surface area contributed by atoms with Gasteiger partial charge in [-0.15, -0.1) is 0 Å². The molecule has 3 N–H and O–H groups in total. The molecule has 0 spiro atoms. The predicted octanol–water partition coefficient (Wildman–Crippen LogP) is 3.60. The molecule has 0 aliphatic heterocycles. The Bertz CT molecular complexity index is 818. The summed E-state index contributed by atoms with van der Waals surface area (Å²) in [5, 5.41) is 15.4. The topological polar surface area (TPSA) is 108 Å². The quantitative estimate of drug-likeness (QED) is 0.473. The van der Waals surface area contributed by atoms with E-state index < -0.39 is 23.8 Å². The van der Waals surface area contributed by atoms with E-state index in [-0.39, 0.29) is 29.6 Å². The zero-order valence-electron chi connectivity index (χ0n) is 20.4. The first-order valence-electron chi connectivity index (χ1n) is 11.3. The molecular formula is C24H37N3O5S. The summed E-state index contributed by atoms with van der Waals surface area (Å²) < 4.78 is 5.38. The highest BCUT2D eigenvalue weighted by Gasteiger charge is 2.44. The standard InChI is InChI=1S/C24H37N3O5S/c1-15(2)25-21(29)20(16-7-11-18(28)12-8-16)27(17-9-10-17)22(30)19(13-14-33-6)26-23(31)32-24(3,4)5/h7-8,11-12,15,17,19-20,28H,9-10,13-14H2,1-6H3,(H,25,29)(H,26,31). The molecule has 3 amide bonds. The lowest BCUT2D eigenvalue weighted by Gasteiger charge is -2.35. The average molecular weight is 480 g/mol. The van der Waals surface area contributed by atoms with Crippen LogP contribution in [0, 0.1) is 0 Å². The second kappa shape index (κ2) is 11.6. The van der Waals surface area contributed by atoms with Gasteiger partial charge < -0.3 is 25.4 Å². The van der Waals surface area contributed by atoms with Gasteiger partial charge in [0.2, 0.25) is 11.8 Å². The lowest BCUT2D eigenvalue weighted by atomic mass is 10.0. The molecule has 2 rings (SSSR count). The summed E-state index contributed by atoms with van der Waals surface area (Å²) in [4.78, 5) is 41.2. The van der Waals surface area contributed by atoms with Crippen LogP contribution in [0.4, 0.5) is 4.79 Å². The second-order valence-electron chi connectivity index (χ2n) is 9.61. The summed E-state index contributed by atoms with van der Waals surface area (Å²) in [5.41, 5.74) is -0.0916. The van der Waals surface area contributed by atoms with Crippen molar-refractivity contribution in [2.45, 2.75) is 83.6 Å². The third-order valence-corrected chi connectivity index (χ3v) is 5.60. The summed E-state index contributed by atoms with van der Waals surface area (Å²) in [7, 11) is 0. The van der Waals surface area contributed by atoms with E-state index >= 15 is 0 Å². The van der Waals surface area contributed by atoms with Crippen molar-refractivity contribution in [2.75, 3.05) is 12.0 Å². The molecule has 2 unspecified atom stereocenters. The maximum atomic E-state index is 13.8. The van der Waals surface area contributed by atoms with Gasteiger partial charge in [0.15, 0.2) is 0 Å². The van der Waals surface area contributed by atoms with E-state index in [1.165, 1.54) is 12.1 Å². The minimum Gasteiger partial charge on any atom is -0.508 e. The summed E-state index contributed by atoms with van der Waals surface area (Å²) in [6.45, 7) is 9.01. The van der Waals surface area contributed by atoms with Gasteiger partial charge in [0.25, 0.3) is 0 Å². The molecule has 1 aliphatic rings. The maximum Gasteiger partial charge on any atom is 0.408 e. The van der Waals surface area contributed by atoms with E-state index in [9.17, 15) is 19.5 Å². The van der Waals surface area contributed by atoms with Crippen molar-refractivity contribution in [1.82, 2.24) is 15.5 Å². The highest BCUT2D eigenvalue weighted by atomic mass is 32.2. The first-order valence-corrected chi connectivity index (χ1v) is 12.7. The normalized spacial score (nSPS) is 15.5. The molecule has 1 aliphatic carbocycles. The molecule has 9 heteroatoms. The predicted molar refractivity (Wildman–Crippen MR) is 130 cm³/mol. The van der Waals surface area contributed by atoms with Crippen LogP contribution in [0.1, 0.15) is 65.5 Å². The van der Waals surface area contributed by atoms with Gasteiger partial charge in [-0.1, -0.05) is 12.1 Å². The van der Waals surface area contributed by atoms with Gasteiger partial charge in [-0.2, -0.15) is 11.8 Å². The summed E-state index contributed by atoms with van der Waals surface area (Å²) in [6, 6.07) is 4.42. The maximum absolute atomic E-state index is 13.8. The number of hydrogen-bond donors (Lipinski definition) is 3. The Morgan fingerprint density at radius 1 is 1.15 bits per heavy atom. The third-order valence-electron chi connectivity index (χ3n) is 4.96. The van der Waals surface area contributed by atoms with Crippen molar-refractivity contribution in [1.29, 1.82) is 0 Å². The Hall–Kier alpha value is -2.42. The van der Waals surface area contributed by atoms with Crippen LogP contribution in [0.3, 0.4) is 0 Å². The van der Waals surface area contributed by atoms with Gasteiger partial charge in [-0.05, 0) is 83.6 Å². The van der Waals surface area contributed by atoms with Crippen LogP contribution in [-0.2, 0) is 14.3 Å². The average Bonchev–Trinajstić information content (AvgIpc) is 3.52. The summed E-state index contributed by atoms with van der Waals surface area (Å²) in [5.74, 6) is 0.133. The minimum absolute atomic E-state index is 0.0792. The second-order valence-corrected chi connectivity index (χ2v) is 10.6. The van der Waals surface area contributed by atoms with E-state index in [1.807, 2.05) is 20.1 Å². The fourth-order valence-corrected chi connectivity index (χ4v) is 3.92. The number of benzene rings is 1. The highest BCUT2D eigenvalue weighted by molar-refractivity contribution is 7.98. The number of alkyl carbamates (subject to hydrolysis) is 1. The molecule has 0 heterocycles. The number of thioether (sulfide) groups is 1. The molecule has 184 valence electrons. The molecule has 0 aromatic heterocycles. The van der Waals surface area contributed by atoms with Crippen molar-refractivity contribution >= 4 is 29.7 Å². The van der Waals surface area contributed by atoms with Crippen LogP contribution in [0.25, 0.3) is 0 Å². The smallest absolute Gasteiger partial charge is 0.408 e. The Morgan fingerprint density at radius 2 is 1.76 bits per heavy atom. The molecule has 33 heavy (non-hydrogen) atoms. The van der Waals surface area contributed by atoms with Gasteiger partial charge in [0.1, 0.15) is 23.4 Å². The molecule has 2 atom stereocenters. The number of rotatable bonds is 10. The van der Waals surface area contributed by atoms with Gasteiger partial charge in [-0.25, -0.2) is 4.79 Å². The SMILES string of the molecule is CSCCC(NC(=O)OC(C)(C)C)C(=O)N(C1CC1)C(C(=O)NC(C)C)c1ccc(O)cc1. The lowest BCUT2D eigenvalue weighted by molar-refractivity contribution is -0.143. The number of carbonyl (C=O) groups excluding carboxylic acids is 3. The fraction of sp³-hybridized carbons (Fsp3) is 0.625. The number of hydrogen-bond acceptors (Lipinski definition) is 6. The molecule has 1 saturated carbocycles. The molecule has 0 bridgehead atoms. The van der Waals surface area contributed by atoms with Gasteiger partial charge in [0, 0.05) is 12.1 Å². The molecule has 0 radical (unpaired) electrons. The molecule has 0 saturated heterocycles. The van der Waals surface area contributed by atoms with E-state index in [2.05, 4.69) is 10.6 Å². The number of amides is 3. The Labute approximate surface area is 200 Å². The fourth-order valence-electron chi connectivity index (χ4n) is 3.45. The number of aromatic hydroxyl groups is 1. The zero-order chi connectivity index (χ0) is 24.8. The number of nitrogens with zero attached hydrogens (tertiary/aromatic N) is 1. The Kier molecular flexibility index (Phi) is 9.46. The van der Waals surface area contributed by atoms with E-state index in [1.54, 1.807) is 49.6 Å². The summed E-state index contributed by atoms with van der Waals surface area (Å²) >= 11 is 1.57. The first-order chi connectivity index (χ1) is 15.4. The van der Waals surface area contributed by atoms with Crippen LogP contribution in [0.5, 0.6) is 5.75 Å². The van der Waals surface area contributed by atoms with Crippen molar-refractivity contribution < 1.29 is 24.2 Å². The number of phenols is 1. The monoisotopic (exact) mass is 479 g/mol.